The minimum absolute atomic E-state index is 0. The second-order valence-corrected chi connectivity index (χ2v) is 8.15. The zero-order valence-corrected chi connectivity index (χ0v) is 16.4. The van der Waals surface area contributed by atoms with Crippen LogP contribution in [-0.4, -0.2) is 54.9 Å². The van der Waals surface area contributed by atoms with Crippen molar-refractivity contribution in [3.05, 3.63) is 0 Å². The van der Waals surface area contributed by atoms with Gasteiger partial charge in [0.25, 0.3) is 0 Å². The van der Waals surface area contributed by atoms with Crippen LogP contribution < -0.4 is 5.73 Å². The lowest BCUT2D eigenvalue weighted by molar-refractivity contribution is -0.142. The van der Waals surface area contributed by atoms with Crippen LogP contribution in [0.2, 0.25) is 0 Å². The summed E-state index contributed by atoms with van der Waals surface area (Å²) in [5.74, 6) is 0.271. The van der Waals surface area contributed by atoms with Crippen molar-refractivity contribution in [1.29, 1.82) is 0 Å². The Morgan fingerprint density at radius 2 is 1.88 bits per heavy atom. The van der Waals surface area contributed by atoms with E-state index in [0.29, 0.717) is 6.61 Å². The van der Waals surface area contributed by atoms with Crippen LogP contribution in [0, 0.1) is 5.92 Å². The van der Waals surface area contributed by atoms with Crippen LogP contribution in [0.3, 0.4) is 0 Å². The number of likely N-dealkylation sites (tertiary alicyclic amines) is 1. The van der Waals surface area contributed by atoms with E-state index in [0.717, 1.165) is 64.6 Å². The van der Waals surface area contributed by atoms with E-state index in [1.807, 2.05) is 4.90 Å². The summed E-state index contributed by atoms with van der Waals surface area (Å²) in [6.45, 7) is 5.25. The molecule has 3 fully saturated rings. The van der Waals surface area contributed by atoms with Gasteiger partial charge < -0.3 is 20.1 Å². The Labute approximate surface area is 158 Å². The Hall–Kier alpha value is -0.360. The number of carbonyl (C=O) groups excluding carboxylic acids is 1. The Kier molecular flexibility index (Phi) is 7.99. The lowest BCUT2D eigenvalue weighted by atomic mass is 9.74. The van der Waals surface area contributed by atoms with Crippen LogP contribution in [0.15, 0.2) is 0 Å². The first-order valence-electron chi connectivity index (χ1n) is 9.87. The predicted octanol–water partition coefficient (Wildman–Crippen LogP) is 2.89. The van der Waals surface area contributed by atoms with Gasteiger partial charge in [-0.1, -0.05) is 12.8 Å². The topological polar surface area (TPSA) is 64.8 Å². The summed E-state index contributed by atoms with van der Waals surface area (Å²) in [4.78, 5) is 14.9. The van der Waals surface area contributed by atoms with Crippen LogP contribution in [0.1, 0.15) is 64.7 Å². The van der Waals surface area contributed by atoms with Crippen molar-refractivity contribution in [2.45, 2.75) is 82.5 Å². The summed E-state index contributed by atoms with van der Waals surface area (Å²) in [7, 11) is 0. The monoisotopic (exact) mass is 374 g/mol. The molecule has 0 bridgehead atoms. The molecule has 0 aromatic rings. The molecule has 0 spiro atoms. The fraction of sp³-hybridized carbons (Fsp3) is 0.947. The minimum atomic E-state index is -0.332. The first-order chi connectivity index (χ1) is 11.6. The lowest BCUT2D eigenvalue weighted by Gasteiger charge is -2.41. The smallest absolute Gasteiger partial charge is 0.227 e. The molecule has 3 aliphatic rings. The Morgan fingerprint density at radius 1 is 1.16 bits per heavy atom. The maximum atomic E-state index is 12.9. The van der Waals surface area contributed by atoms with Crippen molar-refractivity contribution >= 4 is 18.3 Å². The van der Waals surface area contributed by atoms with E-state index in [1.54, 1.807) is 0 Å². The largest absolute Gasteiger partial charge is 0.376 e. The Bertz CT molecular complexity index is 419. The van der Waals surface area contributed by atoms with Gasteiger partial charge in [0.05, 0.1) is 24.7 Å². The van der Waals surface area contributed by atoms with Gasteiger partial charge in [0.2, 0.25) is 5.91 Å². The molecule has 2 aliphatic heterocycles. The Morgan fingerprint density at radius 3 is 2.52 bits per heavy atom. The van der Waals surface area contributed by atoms with E-state index in [-0.39, 0.29) is 42.0 Å². The molecule has 2 N–H and O–H groups in total. The lowest BCUT2D eigenvalue weighted by Crippen LogP contribution is -2.55. The number of piperidine rings is 1. The maximum Gasteiger partial charge on any atom is 0.227 e. The molecule has 0 aromatic heterocycles. The van der Waals surface area contributed by atoms with E-state index in [2.05, 4.69) is 6.92 Å². The SMILES string of the molecule is CC1(N)CCCCC1C(=O)N1CCC(OCC2CCCCO2)CC1.Cl. The van der Waals surface area contributed by atoms with Gasteiger partial charge in [0, 0.05) is 25.2 Å². The molecule has 3 atom stereocenters. The molecule has 6 heteroatoms. The molecule has 0 aromatic carbocycles. The van der Waals surface area contributed by atoms with Crippen LogP contribution in [0.5, 0.6) is 0 Å². The third-order valence-electron chi connectivity index (χ3n) is 6.10. The molecule has 2 heterocycles. The molecule has 2 saturated heterocycles. The van der Waals surface area contributed by atoms with E-state index >= 15 is 0 Å². The number of carbonyl (C=O) groups is 1. The van der Waals surface area contributed by atoms with Gasteiger partial charge in [0.15, 0.2) is 0 Å². The van der Waals surface area contributed by atoms with Crippen LogP contribution in [0.25, 0.3) is 0 Å². The number of ether oxygens (including phenoxy) is 2. The molecule has 0 radical (unpaired) electrons. The van der Waals surface area contributed by atoms with Crippen LogP contribution >= 0.6 is 12.4 Å². The predicted molar refractivity (Wildman–Crippen MR) is 101 cm³/mol. The van der Waals surface area contributed by atoms with E-state index in [1.165, 1.54) is 12.8 Å². The number of nitrogens with zero attached hydrogens (tertiary/aromatic N) is 1. The van der Waals surface area contributed by atoms with Gasteiger partial charge in [-0.25, -0.2) is 0 Å². The molecule has 1 aliphatic carbocycles. The Balaban J connectivity index is 0.00000225. The summed E-state index contributed by atoms with van der Waals surface area (Å²) in [5.41, 5.74) is 6.07. The highest BCUT2D eigenvalue weighted by atomic mass is 35.5. The highest BCUT2D eigenvalue weighted by Crippen LogP contribution is 2.33. The normalized spacial score (nSPS) is 34.4. The van der Waals surface area contributed by atoms with Crippen LogP contribution in [0.4, 0.5) is 0 Å². The van der Waals surface area contributed by atoms with Crippen molar-refractivity contribution in [2.75, 3.05) is 26.3 Å². The van der Waals surface area contributed by atoms with Crippen molar-refractivity contribution in [2.24, 2.45) is 11.7 Å². The van der Waals surface area contributed by atoms with Gasteiger partial charge in [-0.2, -0.15) is 0 Å². The van der Waals surface area contributed by atoms with Gasteiger partial charge in [-0.3, -0.25) is 4.79 Å². The van der Waals surface area contributed by atoms with Gasteiger partial charge in [-0.15, -0.1) is 12.4 Å². The standard InChI is InChI=1S/C19H34N2O3.ClH/c1-19(20)10-4-2-7-17(19)18(22)21-11-8-15(9-12-21)24-14-16-6-3-5-13-23-16;/h15-17H,2-14,20H2,1H3;1H. The van der Waals surface area contributed by atoms with Crippen LogP contribution in [-0.2, 0) is 14.3 Å². The number of hydrogen-bond donors (Lipinski definition) is 1. The van der Waals surface area contributed by atoms with Crippen molar-refractivity contribution in [1.82, 2.24) is 4.90 Å². The van der Waals surface area contributed by atoms with E-state index < -0.39 is 0 Å². The number of hydrogen-bond acceptors (Lipinski definition) is 4. The maximum absolute atomic E-state index is 12.9. The number of nitrogens with two attached hydrogens (primary N) is 1. The second kappa shape index (κ2) is 9.54. The van der Waals surface area contributed by atoms with Crippen molar-refractivity contribution < 1.29 is 14.3 Å². The van der Waals surface area contributed by atoms with E-state index in [9.17, 15) is 4.79 Å². The molecular weight excluding hydrogens is 340 g/mol. The fourth-order valence-corrected chi connectivity index (χ4v) is 4.41. The van der Waals surface area contributed by atoms with Crippen molar-refractivity contribution in [3.8, 4) is 0 Å². The molecule has 3 rings (SSSR count). The third-order valence-corrected chi connectivity index (χ3v) is 6.10. The third kappa shape index (κ3) is 5.56. The molecule has 146 valence electrons. The average molecular weight is 375 g/mol. The molecule has 5 nitrogen and oxygen atoms in total. The molecule has 3 unspecified atom stereocenters. The highest BCUT2D eigenvalue weighted by molar-refractivity contribution is 5.85. The molecule has 25 heavy (non-hydrogen) atoms. The zero-order chi connectivity index (χ0) is 17.0. The van der Waals surface area contributed by atoms with Gasteiger partial charge in [-0.05, 0) is 51.9 Å². The average Bonchev–Trinajstić information content (AvgIpc) is 2.60. The fourth-order valence-electron chi connectivity index (χ4n) is 4.41. The minimum Gasteiger partial charge on any atom is -0.376 e. The second-order valence-electron chi connectivity index (χ2n) is 8.15. The number of halogens is 1. The number of rotatable bonds is 4. The summed E-state index contributed by atoms with van der Waals surface area (Å²) in [6, 6.07) is 0. The molecule has 1 saturated carbocycles. The van der Waals surface area contributed by atoms with Gasteiger partial charge >= 0.3 is 0 Å². The first kappa shape index (κ1) is 20.9. The molecular formula is C19H35ClN2O3. The summed E-state index contributed by atoms with van der Waals surface area (Å²) in [6.07, 6.45) is 10.2. The number of amides is 1. The van der Waals surface area contributed by atoms with Gasteiger partial charge in [0.1, 0.15) is 0 Å². The summed E-state index contributed by atoms with van der Waals surface area (Å²) < 4.78 is 11.8. The quantitative estimate of drug-likeness (QED) is 0.821. The van der Waals surface area contributed by atoms with E-state index in [4.69, 9.17) is 15.2 Å². The first-order valence-corrected chi connectivity index (χ1v) is 9.87. The zero-order valence-electron chi connectivity index (χ0n) is 15.6. The highest BCUT2D eigenvalue weighted by Gasteiger charge is 2.40. The van der Waals surface area contributed by atoms with Crippen molar-refractivity contribution in [3.63, 3.8) is 0 Å². The summed E-state index contributed by atoms with van der Waals surface area (Å²) in [5, 5.41) is 0. The molecule has 1 amide bonds. The summed E-state index contributed by atoms with van der Waals surface area (Å²) >= 11 is 0.